The number of esters is 1. The maximum absolute atomic E-state index is 15.3. The van der Waals surface area contributed by atoms with Gasteiger partial charge in [0, 0.05) is 31.4 Å². The number of pyridine rings is 1. The van der Waals surface area contributed by atoms with E-state index in [1.807, 2.05) is 6.92 Å². The lowest BCUT2D eigenvalue weighted by molar-refractivity contribution is 0.0469. The largest absolute Gasteiger partial charge is 0.459 e. The number of anilines is 1. The molecule has 1 aromatic heterocycles. The zero-order valence-electron chi connectivity index (χ0n) is 15.9. The number of fused-ring (bicyclic) bond motifs is 1. The third-order valence-electron chi connectivity index (χ3n) is 5.28. The van der Waals surface area contributed by atoms with Crippen LogP contribution in [0.2, 0.25) is 0 Å². The summed E-state index contributed by atoms with van der Waals surface area (Å²) in [7, 11) is 0. The van der Waals surface area contributed by atoms with Crippen LogP contribution in [0.25, 0.3) is 10.9 Å². The van der Waals surface area contributed by atoms with Crippen LogP contribution >= 0.6 is 0 Å². The summed E-state index contributed by atoms with van der Waals surface area (Å²) in [4.78, 5) is 29.8. The van der Waals surface area contributed by atoms with E-state index in [0.29, 0.717) is 31.7 Å². The van der Waals surface area contributed by atoms with Crippen LogP contribution in [0.15, 0.2) is 10.9 Å². The zero-order valence-corrected chi connectivity index (χ0v) is 15.9. The Morgan fingerprint density at radius 2 is 2.11 bits per heavy atom. The van der Waals surface area contributed by atoms with Crippen molar-refractivity contribution < 1.29 is 18.3 Å². The van der Waals surface area contributed by atoms with Crippen molar-refractivity contribution in [2.45, 2.75) is 45.3 Å². The fourth-order valence-electron chi connectivity index (χ4n) is 3.70. The standard InChI is InChI=1S/C20H23F2N3O3/c1-3-14-15(20(27)28-11-4-5-11)19(26)12-8-13(21)18(16(22)17(12)24-14)25-7-6-23-10(2)9-25/h8,10-11,23H,3-7,9H2,1-2H3,(H,24,26). The molecule has 1 aliphatic heterocycles. The van der Waals surface area contributed by atoms with Gasteiger partial charge in [-0.2, -0.15) is 0 Å². The van der Waals surface area contributed by atoms with E-state index in [-0.39, 0.29) is 34.3 Å². The first-order valence-corrected chi connectivity index (χ1v) is 9.66. The number of rotatable bonds is 4. The molecule has 2 fully saturated rings. The Labute approximate surface area is 160 Å². The molecular weight excluding hydrogens is 368 g/mol. The maximum Gasteiger partial charge on any atom is 0.344 e. The van der Waals surface area contributed by atoms with Gasteiger partial charge in [0.15, 0.2) is 5.82 Å². The first kappa shape index (κ1) is 18.9. The molecule has 2 heterocycles. The Bertz CT molecular complexity index is 1000. The third kappa shape index (κ3) is 3.26. The summed E-state index contributed by atoms with van der Waals surface area (Å²) in [6.45, 7) is 5.22. The van der Waals surface area contributed by atoms with Gasteiger partial charge in [0.25, 0.3) is 0 Å². The van der Waals surface area contributed by atoms with Crippen LogP contribution in [0.4, 0.5) is 14.5 Å². The fourth-order valence-corrected chi connectivity index (χ4v) is 3.70. The van der Waals surface area contributed by atoms with Crippen molar-refractivity contribution in [1.82, 2.24) is 10.3 Å². The SMILES string of the molecule is CCc1[nH]c2c(F)c(N3CCNC(C)C3)c(F)cc2c(=O)c1C(=O)OC1CC1. The lowest BCUT2D eigenvalue weighted by atomic mass is 10.0. The Morgan fingerprint density at radius 3 is 2.75 bits per heavy atom. The van der Waals surface area contributed by atoms with E-state index in [2.05, 4.69) is 10.3 Å². The number of piperazine rings is 1. The average Bonchev–Trinajstić information content (AvgIpc) is 3.46. The molecule has 4 rings (SSSR count). The van der Waals surface area contributed by atoms with E-state index in [9.17, 15) is 14.0 Å². The van der Waals surface area contributed by atoms with Crippen molar-refractivity contribution in [3.05, 3.63) is 39.2 Å². The second kappa shape index (κ2) is 7.16. The molecular formula is C20H23F2N3O3. The smallest absolute Gasteiger partial charge is 0.344 e. The minimum atomic E-state index is -0.810. The number of carbonyl (C=O) groups is 1. The summed E-state index contributed by atoms with van der Waals surface area (Å²) < 4.78 is 35.4. The van der Waals surface area contributed by atoms with Gasteiger partial charge in [0.1, 0.15) is 23.2 Å². The molecule has 1 aromatic carbocycles. The Hall–Kier alpha value is -2.48. The normalized spacial score (nSPS) is 19.9. The number of hydrogen-bond acceptors (Lipinski definition) is 5. The van der Waals surface area contributed by atoms with Crippen molar-refractivity contribution in [3.8, 4) is 0 Å². The van der Waals surface area contributed by atoms with Gasteiger partial charge in [-0.05, 0) is 32.3 Å². The summed E-state index contributed by atoms with van der Waals surface area (Å²) in [5, 5.41) is 3.05. The number of H-pyrrole nitrogens is 1. The van der Waals surface area contributed by atoms with Gasteiger partial charge in [-0.1, -0.05) is 6.92 Å². The van der Waals surface area contributed by atoms with Crippen molar-refractivity contribution in [2.75, 3.05) is 24.5 Å². The summed E-state index contributed by atoms with van der Waals surface area (Å²) >= 11 is 0. The molecule has 28 heavy (non-hydrogen) atoms. The number of aryl methyl sites for hydroxylation is 1. The number of nitrogens with zero attached hydrogens (tertiary/aromatic N) is 1. The number of hydrogen-bond donors (Lipinski definition) is 2. The average molecular weight is 391 g/mol. The molecule has 0 bridgehead atoms. The van der Waals surface area contributed by atoms with Crippen molar-refractivity contribution in [3.63, 3.8) is 0 Å². The van der Waals surface area contributed by atoms with E-state index in [4.69, 9.17) is 4.74 Å². The van der Waals surface area contributed by atoms with Gasteiger partial charge in [-0.3, -0.25) is 4.79 Å². The van der Waals surface area contributed by atoms with Gasteiger partial charge < -0.3 is 19.9 Å². The molecule has 0 radical (unpaired) electrons. The maximum atomic E-state index is 15.3. The van der Waals surface area contributed by atoms with E-state index in [0.717, 1.165) is 18.9 Å². The summed E-state index contributed by atoms with van der Waals surface area (Å²) in [5.41, 5.74) is -0.786. The van der Waals surface area contributed by atoms with Crippen LogP contribution in [0, 0.1) is 11.6 Å². The number of nitrogens with one attached hydrogen (secondary N) is 2. The Balaban J connectivity index is 1.86. The van der Waals surface area contributed by atoms with Gasteiger partial charge in [-0.25, -0.2) is 13.6 Å². The van der Waals surface area contributed by atoms with Gasteiger partial charge in [0.2, 0.25) is 5.43 Å². The number of halogens is 2. The highest BCUT2D eigenvalue weighted by Gasteiger charge is 2.31. The van der Waals surface area contributed by atoms with Gasteiger partial charge >= 0.3 is 5.97 Å². The highest BCUT2D eigenvalue weighted by atomic mass is 19.1. The lowest BCUT2D eigenvalue weighted by Crippen LogP contribution is -2.49. The second-order valence-electron chi connectivity index (χ2n) is 7.51. The van der Waals surface area contributed by atoms with E-state index in [1.54, 1.807) is 11.8 Å². The molecule has 2 aliphatic rings. The van der Waals surface area contributed by atoms with Crippen molar-refractivity contribution >= 4 is 22.6 Å². The van der Waals surface area contributed by atoms with Crippen LogP contribution in [0.3, 0.4) is 0 Å². The minimum absolute atomic E-state index is 0.0765. The number of carbonyl (C=O) groups excluding carboxylic acids is 1. The molecule has 1 atom stereocenters. The number of ether oxygens (including phenoxy) is 1. The van der Waals surface area contributed by atoms with Gasteiger partial charge in [0.05, 0.1) is 10.9 Å². The van der Waals surface area contributed by atoms with Crippen LogP contribution in [0.1, 0.15) is 42.7 Å². The predicted octanol–water partition coefficient (Wildman–Crippen LogP) is 2.49. The number of aromatic nitrogens is 1. The van der Waals surface area contributed by atoms with Crippen LogP contribution in [-0.2, 0) is 11.2 Å². The summed E-state index contributed by atoms with van der Waals surface area (Å²) in [6.07, 6.45) is 1.69. The topological polar surface area (TPSA) is 74.4 Å². The van der Waals surface area contributed by atoms with E-state index >= 15 is 4.39 Å². The molecule has 2 aromatic rings. The molecule has 1 saturated carbocycles. The van der Waals surface area contributed by atoms with Gasteiger partial charge in [-0.15, -0.1) is 0 Å². The van der Waals surface area contributed by atoms with Crippen LogP contribution < -0.4 is 15.6 Å². The molecule has 6 nitrogen and oxygen atoms in total. The number of aromatic amines is 1. The lowest BCUT2D eigenvalue weighted by Gasteiger charge is -2.34. The van der Waals surface area contributed by atoms with E-state index in [1.165, 1.54) is 0 Å². The zero-order chi connectivity index (χ0) is 20.0. The predicted molar refractivity (Wildman–Crippen MR) is 102 cm³/mol. The van der Waals surface area contributed by atoms with Crippen LogP contribution in [0.5, 0.6) is 0 Å². The number of benzene rings is 1. The first-order valence-electron chi connectivity index (χ1n) is 9.66. The fraction of sp³-hybridized carbons (Fsp3) is 0.500. The first-order chi connectivity index (χ1) is 13.4. The Kier molecular flexibility index (Phi) is 4.82. The quantitative estimate of drug-likeness (QED) is 0.784. The minimum Gasteiger partial charge on any atom is -0.459 e. The molecule has 1 aliphatic carbocycles. The summed E-state index contributed by atoms with van der Waals surface area (Å²) in [5.74, 6) is -2.35. The highest BCUT2D eigenvalue weighted by molar-refractivity contribution is 5.96. The second-order valence-corrected chi connectivity index (χ2v) is 7.51. The molecule has 150 valence electrons. The highest BCUT2D eigenvalue weighted by Crippen LogP contribution is 2.31. The monoisotopic (exact) mass is 391 g/mol. The van der Waals surface area contributed by atoms with E-state index < -0.39 is 23.0 Å². The molecule has 0 amide bonds. The molecule has 2 N–H and O–H groups in total. The van der Waals surface area contributed by atoms with Crippen LogP contribution in [-0.4, -0.2) is 42.7 Å². The molecule has 1 saturated heterocycles. The van der Waals surface area contributed by atoms with Crippen molar-refractivity contribution in [2.24, 2.45) is 0 Å². The van der Waals surface area contributed by atoms with Crippen molar-refractivity contribution in [1.29, 1.82) is 0 Å². The summed E-state index contributed by atoms with van der Waals surface area (Å²) in [6, 6.07) is 1.11. The molecule has 8 heteroatoms. The molecule has 1 unspecified atom stereocenters. The Morgan fingerprint density at radius 1 is 1.36 bits per heavy atom. The molecule has 0 spiro atoms. The third-order valence-corrected chi connectivity index (χ3v) is 5.28.